The van der Waals surface area contributed by atoms with Crippen LogP contribution in [0.25, 0.3) is 5.65 Å². The van der Waals surface area contributed by atoms with E-state index in [-0.39, 0.29) is 11.6 Å². The second kappa shape index (κ2) is 10.6. The molecule has 0 fully saturated rings. The molecule has 12 heteroatoms. The van der Waals surface area contributed by atoms with Gasteiger partial charge in [0.05, 0.1) is 28.5 Å². The van der Waals surface area contributed by atoms with E-state index in [2.05, 4.69) is 26.1 Å². The van der Waals surface area contributed by atoms with Crippen molar-refractivity contribution >= 4 is 58.5 Å². The fraction of sp³-hybridized carbons (Fsp3) is 0.125. The number of carbonyl (C=O) groups excluding carboxylic acids is 3. The van der Waals surface area contributed by atoms with Gasteiger partial charge in [-0.1, -0.05) is 23.2 Å². The molecule has 0 unspecified atom stereocenters. The topological polar surface area (TPSA) is 130 Å². The Morgan fingerprint density at radius 3 is 2.64 bits per heavy atom. The first-order chi connectivity index (χ1) is 17.2. The van der Waals surface area contributed by atoms with Gasteiger partial charge in [-0.3, -0.25) is 18.8 Å². The molecular formula is C24H20Cl2N6O4. The first-order valence-electron chi connectivity index (χ1n) is 10.6. The summed E-state index contributed by atoms with van der Waals surface area (Å²) >= 11 is 11.7. The number of nitrogens with one attached hydrogen (secondary N) is 3. The zero-order chi connectivity index (χ0) is 25.8. The molecule has 3 aromatic heterocycles. The molecule has 3 heterocycles. The highest BCUT2D eigenvalue weighted by Crippen LogP contribution is 2.25. The number of anilines is 1. The number of nitrogens with zero attached hydrogens (tertiary/aromatic N) is 3. The molecular weight excluding hydrogens is 507 g/mol. The number of hydrogen-bond acceptors (Lipinski definition) is 6. The van der Waals surface area contributed by atoms with E-state index in [1.807, 2.05) is 19.1 Å². The fourth-order valence-corrected chi connectivity index (χ4v) is 3.61. The van der Waals surface area contributed by atoms with Gasteiger partial charge in [0.1, 0.15) is 22.9 Å². The molecule has 0 aliphatic rings. The number of pyridine rings is 1. The standard InChI is InChI=1S/C24H20Cl2N6O4/c1-13-7-8-32-20(9-13)29-14(2)21(32)22(33)31-28-12-17-5-4-16(36-17)11-27-23(34)24(35)30-15-3-6-18(25)19(26)10-15/h3-10,12H,11H2,1-2H3,(H,27,34)(H,30,35)(H,31,33)/b28-12+. The number of amides is 3. The molecule has 0 aliphatic carbocycles. The van der Waals surface area contributed by atoms with Crippen LogP contribution >= 0.6 is 23.2 Å². The predicted molar refractivity (Wildman–Crippen MR) is 135 cm³/mol. The lowest BCUT2D eigenvalue weighted by molar-refractivity contribution is -0.136. The Balaban J connectivity index is 1.30. The lowest BCUT2D eigenvalue weighted by Gasteiger charge is -2.06. The molecule has 0 saturated heterocycles. The van der Waals surface area contributed by atoms with Gasteiger partial charge >= 0.3 is 11.8 Å². The summed E-state index contributed by atoms with van der Waals surface area (Å²) in [5.41, 5.74) is 5.45. The van der Waals surface area contributed by atoms with Crippen molar-refractivity contribution in [1.82, 2.24) is 20.1 Å². The van der Waals surface area contributed by atoms with Crippen molar-refractivity contribution in [2.75, 3.05) is 5.32 Å². The van der Waals surface area contributed by atoms with Crippen LogP contribution in [0.15, 0.2) is 58.2 Å². The summed E-state index contributed by atoms with van der Waals surface area (Å²) in [6.45, 7) is 3.66. The molecule has 0 saturated carbocycles. The maximum atomic E-state index is 12.6. The highest BCUT2D eigenvalue weighted by atomic mass is 35.5. The highest BCUT2D eigenvalue weighted by molar-refractivity contribution is 6.42. The zero-order valence-corrected chi connectivity index (χ0v) is 20.6. The van der Waals surface area contributed by atoms with Gasteiger partial charge < -0.3 is 15.1 Å². The third-order valence-electron chi connectivity index (χ3n) is 5.02. The van der Waals surface area contributed by atoms with E-state index < -0.39 is 17.7 Å². The molecule has 0 aliphatic heterocycles. The molecule has 3 N–H and O–H groups in total. The van der Waals surface area contributed by atoms with Gasteiger partial charge in [-0.15, -0.1) is 0 Å². The molecule has 1 aromatic carbocycles. The van der Waals surface area contributed by atoms with Crippen LogP contribution in [0.1, 0.15) is 33.3 Å². The van der Waals surface area contributed by atoms with Crippen LogP contribution in [0.3, 0.4) is 0 Å². The van der Waals surface area contributed by atoms with Crippen LogP contribution in [0, 0.1) is 13.8 Å². The normalized spacial score (nSPS) is 11.1. The Morgan fingerprint density at radius 2 is 1.86 bits per heavy atom. The largest absolute Gasteiger partial charge is 0.458 e. The number of furan rings is 1. The monoisotopic (exact) mass is 526 g/mol. The number of hydrogen-bond donors (Lipinski definition) is 3. The van der Waals surface area contributed by atoms with Crippen molar-refractivity contribution in [3.8, 4) is 0 Å². The molecule has 0 atom stereocenters. The maximum Gasteiger partial charge on any atom is 0.313 e. The quantitative estimate of drug-likeness (QED) is 0.199. The SMILES string of the molecule is Cc1ccn2c(C(=O)N/N=C/c3ccc(CNC(=O)C(=O)Nc4ccc(Cl)c(Cl)c4)o3)c(C)nc2c1. The number of hydrazone groups is 1. The van der Waals surface area contributed by atoms with Gasteiger partial charge in [0, 0.05) is 11.9 Å². The smallest absolute Gasteiger partial charge is 0.313 e. The number of rotatable bonds is 6. The predicted octanol–water partition coefficient (Wildman–Crippen LogP) is 3.87. The molecule has 4 aromatic rings. The number of benzene rings is 1. The van der Waals surface area contributed by atoms with E-state index in [4.69, 9.17) is 27.6 Å². The molecule has 0 radical (unpaired) electrons. The van der Waals surface area contributed by atoms with Crippen LogP contribution in [-0.4, -0.2) is 33.3 Å². The van der Waals surface area contributed by atoms with E-state index in [9.17, 15) is 14.4 Å². The zero-order valence-electron chi connectivity index (χ0n) is 19.1. The third-order valence-corrected chi connectivity index (χ3v) is 5.76. The highest BCUT2D eigenvalue weighted by Gasteiger charge is 2.17. The molecule has 3 amide bonds. The second-order valence-corrected chi connectivity index (χ2v) is 8.56. The molecule has 0 spiro atoms. The average Bonchev–Trinajstić information content (AvgIpc) is 3.42. The van der Waals surface area contributed by atoms with Gasteiger partial charge in [0.25, 0.3) is 5.91 Å². The van der Waals surface area contributed by atoms with Crippen LogP contribution in [-0.2, 0) is 16.1 Å². The minimum absolute atomic E-state index is 0.0335. The van der Waals surface area contributed by atoms with Gasteiger partial charge in [0.2, 0.25) is 0 Å². The van der Waals surface area contributed by atoms with Gasteiger partial charge in [-0.2, -0.15) is 5.10 Å². The Labute approximate surface area is 215 Å². The van der Waals surface area contributed by atoms with Gasteiger partial charge in [0.15, 0.2) is 0 Å². The Hall–Kier alpha value is -4.15. The van der Waals surface area contributed by atoms with E-state index >= 15 is 0 Å². The summed E-state index contributed by atoms with van der Waals surface area (Å²) in [6, 6.07) is 11.4. The Kier molecular flexibility index (Phi) is 7.37. The first-order valence-corrected chi connectivity index (χ1v) is 11.4. The minimum atomic E-state index is -0.873. The van der Waals surface area contributed by atoms with Crippen molar-refractivity contribution in [2.45, 2.75) is 20.4 Å². The van der Waals surface area contributed by atoms with E-state index in [0.717, 1.165) is 5.56 Å². The van der Waals surface area contributed by atoms with Crippen LogP contribution in [0.2, 0.25) is 10.0 Å². The van der Waals surface area contributed by atoms with E-state index in [1.54, 1.807) is 29.7 Å². The summed E-state index contributed by atoms with van der Waals surface area (Å²) in [6.07, 6.45) is 3.10. The molecule has 10 nitrogen and oxygen atoms in total. The van der Waals surface area contributed by atoms with Crippen molar-refractivity contribution in [3.63, 3.8) is 0 Å². The minimum Gasteiger partial charge on any atom is -0.458 e. The lowest BCUT2D eigenvalue weighted by atomic mass is 10.3. The molecule has 4 rings (SSSR count). The number of aryl methyl sites for hydroxylation is 2. The number of fused-ring (bicyclic) bond motifs is 1. The van der Waals surface area contributed by atoms with Crippen LogP contribution in [0.5, 0.6) is 0 Å². The second-order valence-electron chi connectivity index (χ2n) is 7.75. The van der Waals surface area contributed by atoms with Crippen LogP contribution < -0.4 is 16.1 Å². The van der Waals surface area contributed by atoms with E-state index in [1.165, 1.54) is 24.4 Å². The number of imidazole rings is 1. The molecule has 0 bridgehead atoms. The lowest BCUT2D eigenvalue weighted by Crippen LogP contribution is -2.34. The summed E-state index contributed by atoms with van der Waals surface area (Å²) in [4.78, 5) is 41.1. The van der Waals surface area contributed by atoms with Crippen LogP contribution in [0.4, 0.5) is 5.69 Å². The summed E-state index contributed by atoms with van der Waals surface area (Å²) in [7, 11) is 0. The maximum absolute atomic E-state index is 12.6. The van der Waals surface area contributed by atoms with Crippen molar-refractivity contribution < 1.29 is 18.8 Å². The fourth-order valence-electron chi connectivity index (χ4n) is 3.31. The first kappa shape index (κ1) is 25.0. The van der Waals surface area contributed by atoms with E-state index in [0.29, 0.717) is 39.3 Å². The van der Waals surface area contributed by atoms with Crippen molar-refractivity contribution in [2.24, 2.45) is 5.10 Å². The molecule has 184 valence electrons. The number of halogens is 2. The Bertz CT molecular complexity index is 1510. The van der Waals surface area contributed by atoms with Crippen molar-refractivity contribution in [1.29, 1.82) is 0 Å². The number of carbonyl (C=O) groups is 3. The van der Waals surface area contributed by atoms with Crippen molar-refractivity contribution in [3.05, 3.63) is 87.2 Å². The van der Waals surface area contributed by atoms with Gasteiger partial charge in [-0.05, 0) is 61.9 Å². The third kappa shape index (κ3) is 5.73. The Morgan fingerprint density at radius 1 is 1.06 bits per heavy atom. The molecule has 36 heavy (non-hydrogen) atoms. The summed E-state index contributed by atoms with van der Waals surface area (Å²) in [5, 5.41) is 9.39. The summed E-state index contributed by atoms with van der Waals surface area (Å²) in [5.74, 6) is -1.44. The number of aromatic nitrogens is 2. The average molecular weight is 527 g/mol. The summed E-state index contributed by atoms with van der Waals surface area (Å²) < 4.78 is 7.24. The van der Waals surface area contributed by atoms with Gasteiger partial charge in [-0.25, -0.2) is 10.4 Å².